The molecule has 0 heterocycles. The summed E-state index contributed by atoms with van der Waals surface area (Å²) in [5.74, 6) is -0.515. The predicted molar refractivity (Wildman–Crippen MR) is 70.3 cm³/mol. The first-order valence-electron chi connectivity index (χ1n) is 5.75. The molecule has 2 N–H and O–H groups in total. The van der Waals surface area contributed by atoms with Gasteiger partial charge in [-0.1, -0.05) is 6.07 Å². The average molecular weight is 284 g/mol. The SMILES string of the molecule is CN(c1cccc(F)c1)c1ccc(N)cc1C(F)(F)F. The number of nitrogens with two attached hydrogens (primary N) is 1. The number of anilines is 3. The van der Waals surface area contributed by atoms with Crippen molar-refractivity contribution in [1.29, 1.82) is 0 Å². The highest BCUT2D eigenvalue weighted by Crippen LogP contribution is 2.39. The molecule has 0 aromatic heterocycles. The molecule has 0 unspecified atom stereocenters. The van der Waals surface area contributed by atoms with E-state index >= 15 is 0 Å². The van der Waals surface area contributed by atoms with Gasteiger partial charge >= 0.3 is 6.18 Å². The number of hydrogen-bond donors (Lipinski definition) is 1. The quantitative estimate of drug-likeness (QED) is 0.661. The van der Waals surface area contributed by atoms with Crippen LogP contribution in [-0.2, 0) is 6.18 Å². The van der Waals surface area contributed by atoms with E-state index in [9.17, 15) is 17.6 Å². The Morgan fingerprint density at radius 3 is 2.35 bits per heavy atom. The Morgan fingerprint density at radius 1 is 1.05 bits per heavy atom. The van der Waals surface area contributed by atoms with Gasteiger partial charge in [0, 0.05) is 18.4 Å². The minimum atomic E-state index is -4.54. The molecule has 0 aliphatic rings. The first kappa shape index (κ1) is 14.2. The van der Waals surface area contributed by atoms with E-state index in [0.29, 0.717) is 5.69 Å². The number of benzene rings is 2. The van der Waals surface area contributed by atoms with Gasteiger partial charge in [0.15, 0.2) is 0 Å². The Morgan fingerprint density at radius 2 is 1.75 bits per heavy atom. The molecule has 106 valence electrons. The van der Waals surface area contributed by atoms with Gasteiger partial charge in [0.05, 0.1) is 11.3 Å². The van der Waals surface area contributed by atoms with Crippen LogP contribution >= 0.6 is 0 Å². The van der Waals surface area contributed by atoms with Crippen LogP contribution in [0.25, 0.3) is 0 Å². The molecule has 0 saturated carbocycles. The van der Waals surface area contributed by atoms with E-state index in [1.807, 2.05) is 0 Å². The lowest BCUT2D eigenvalue weighted by atomic mass is 10.1. The van der Waals surface area contributed by atoms with Crippen molar-refractivity contribution >= 4 is 17.1 Å². The summed E-state index contributed by atoms with van der Waals surface area (Å²) in [5, 5.41) is 0. The molecule has 0 atom stereocenters. The average Bonchev–Trinajstić information content (AvgIpc) is 2.37. The molecule has 0 aliphatic carbocycles. The summed E-state index contributed by atoms with van der Waals surface area (Å²) in [6.45, 7) is 0. The van der Waals surface area contributed by atoms with Gasteiger partial charge in [-0.3, -0.25) is 0 Å². The normalized spacial score (nSPS) is 11.4. The Labute approximate surface area is 113 Å². The van der Waals surface area contributed by atoms with Crippen LogP contribution in [0.15, 0.2) is 42.5 Å². The van der Waals surface area contributed by atoms with Crippen LogP contribution < -0.4 is 10.6 Å². The molecule has 0 saturated heterocycles. The van der Waals surface area contributed by atoms with Crippen LogP contribution in [0.1, 0.15) is 5.56 Å². The number of rotatable bonds is 2. The van der Waals surface area contributed by atoms with Crippen molar-refractivity contribution in [2.75, 3.05) is 17.7 Å². The fourth-order valence-corrected chi connectivity index (χ4v) is 1.90. The Balaban J connectivity index is 2.52. The fraction of sp³-hybridized carbons (Fsp3) is 0.143. The smallest absolute Gasteiger partial charge is 0.399 e. The van der Waals surface area contributed by atoms with E-state index in [0.717, 1.165) is 12.1 Å². The summed E-state index contributed by atoms with van der Waals surface area (Å²) >= 11 is 0. The molecule has 2 aromatic rings. The maximum atomic E-state index is 13.2. The van der Waals surface area contributed by atoms with Crippen molar-refractivity contribution in [3.8, 4) is 0 Å². The van der Waals surface area contributed by atoms with E-state index in [-0.39, 0.29) is 11.4 Å². The maximum Gasteiger partial charge on any atom is 0.418 e. The zero-order chi connectivity index (χ0) is 14.9. The van der Waals surface area contributed by atoms with Crippen LogP contribution in [0, 0.1) is 5.82 Å². The number of nitrogen functional groups attached to an aromatic ring is 1. The molecule has 2 rings (SSSR count). The second-order valence-corrected chi connectivity index (χ2v) is 4.31. The molecule has 0 bridgehead atoms. The largest absolute Gasteiger partial charge is 0.418 e. The Hall–Kier alpha value is -2.24. The predicted octanol–water partition coefficient (Wildman–Crippen LogP) is 4.19. The molecular formula is C14H12F4N2. The molecule has 0 aliphatic heterocycles. The second-order valence-electron chi connectivity index (χ2n) is 4.31. The molecule has 0 radical (unpaired) electrons. The van der Waals surface area contributed by atoms with E-state index in [2.05, 4.69) is 0 Å². The first-order valence-corrected chi connectivity index (χ1v) is 5.75. The van der Waals surface area contributed by atoms with Gasteiger partial charge in [-0.2, -0.15) is 13.2 Å². The van der Waals surface area contributed by atoms with Gasteiger partial charge in [0.1, 0.15) is 5.82 Å². The molecule has 20 heavy (non-hydrogen) atoms. The second kappa shape index (κ2) is 5.03. The van der Waals surface area contributed by atoms with E-state index in [1.165, 1.54) is 42.3 Å². The number of nitrogens with zero attached hydrogens (tertiary/aromatic N) is 1. The highest BCUT2D eigenvalue weighted by molar-refractivity contribution is 5.69. The zero-order valence-corrected chi connectivity index (χ0v) is 10.6. The van der Waals surface area contributed by atoms with Gasteiger partial charge in [-0.05, 0) is 36.4 Å². The number of alkyl halides is 3. The van der Waals surface area contributed by atoms with Crippen molar-refractivity contribution in [2.24, 2.45) is 0 Å². The zero-order valence-electron chi connectivity index (χ0n) is 10.6. The highest BCUT2D eigenvalue weighted by Gasteiger charge is 2.34. The van der Waals surface area contributed by atoms with Crippen molar-refractivity contribution in [3.05, 3.63) is 53.8 Å². The van der Waals surface area contributed by atoms with E-state index in [1.54, 1.807) is 0 Å². The lowest BCUT2D eigenvalue weighted by molar-refractivity contribution is -0.137. The van der Waals surface area contributed by atoms with Gasteiger partial charge in [0.2, 0.25) is 0 Å². The number of hydrogen-bond acceptors (Lipinski definition) is 2. The summed E-state index contributed by atoms with van der Waals surface area (Å²) in [6, 6.07) is 8.86. The van der Waals surface area contributed by atoms with Gasteiger partial charge < -0.3 is 10.6 Å². The molecule has 2 nitrogen and oxygen atoms in total. The van der Waals surface area contributed by atoms with Crippen LogP contribution in [0.4, 0.5) is 34.6 Å². The lowest BCUT2D eigenvalue weighted by Gasteiger charge is -2.24. The van der Waals surface area contributed by atoms with Gasteiger partial charge in [-0.25, -0.2) is 4.39 Å². The van der Waals surface area contributed by atoms with Crippen LogP contribution in [0.2, 0.25) is 0 Å². The van der Waals surface area contributed by atoms with Crippen molar-refractivity contribution in [1.82, 2.24) is 0 Å². The molecule has 0 amide bonds. The van der Waals surface area contributed by atoms with Gasteiger partial charge in [0.25, 0.3) is 0 Å². The molecular weight excluding hydrogens is 272 g/mol. The van der Waals surface area contributed by atoms with Crippen molar-refractivity contribution < 1.29 is 17.6 Å². The minimum Gasteiger partial charge on any atom is -0.399 e. The third-order valence-corrected chi connectivity index (χ3v) is 2.88. The number of halogens is 4. The van der Waals surface area contributed by atoms with Crippen LogP contribution in [-0.4, -0.2) is 7.05 Å². The highest BCUT2D eigenvalue weighted by atomic mass is 19.4. The summed E-state index contributed by atoms with van der Waals surface area (Å²) < 4.78 is 52.3. The molecule has 0 fully saturated rings. The Bertz CT molecular complexity index is 623. The monoisotopic (exact) mass is 284 g/mol. The fourth-order valence-electron chi connectivity index (χ4n) is 1.90. The third-order valence-electron chi connectivity index (χ3n) is 2.88. The molecule has 0 spiro atoms. The maximum absolute atomic E-state index is 13.2. The van der Waals surface area contributed by atoms with Gasteiger partial charge in [-0.15, -0.1) is 0 Å². The third kappa shape index (κ3) is 2.84. The standard InChI is InChI=1S/C14H12F4N2/c1-20(11-4-2-3-9(15)7-11)13-6-5-10(19)8-12(13)14(16,17)18/h2-8H,19H2,1H3. The topological polar surface area (TPSA) is 29.3 Å². The van der Waals surface area contributed by atoms with Crippen LogP contribution in [0.5, 0.6) is 0 Å². The summed E-state index contributed by atoms with van der Waals surface area (Å²) in [6.07, 6.45) is -4.54. The molecule has 2 aromatic carbocycles. The van der Waals surface area contributed by atoms with Crippen molar-refractivity contribution in [3.63, 3.8) is 0 Å². The lowest BCUT2D eigenvalue weighted by Crippen LogP contribution is -2.17. The van der Waals surface area contributed by atoms with E-state index < -0.39 is 17.6 Å². The Kier molecular flexibility index (Phi) is 3.57. The molecule has 6 heteroatoms. The first-order chi connectivity index (χ1) is 9.29. The summed E-state index contributed by atoms with van der Waals surface area (Å²) in [7, 11) is 1.44. The minimum absolute atomic E-state index is 0.0220. The summed E-state index contributed by atoms with van der Waals surface area (Å²) in [4.78, 5) is 1.27. The van der Waals surface area contributed by atoms with E-state index in [4.69, 9.17) is 5.73 Å². The van der Waals surface area contributed by atoms with Crippen molar-refractivity contribution in [2.45, 2.75) is 6.18 Å². The summed E-state index contributed by atoms with van der Waals surface area (Å²) in [5.41, 5.74) is 4.81. The van der Waals surface area contributed by atoms with Crippen LogP contribution in [0.3, 0.4) is 0 Å².